The van der Waals surface area contributed by atoms with Gasteiger partial charge in [-0.15, -0.1) is 0 Å². The maximum atomic E-state index is 13.1. The Bertz CT molecular complexity index is 946. The van der Waals surface area contributed by atoms with Gasteiger partial charge in [0.2, 0.25) is 6.29 Å². The quantitative estimate of drug-likeness (QED) is 0.102. The summed E-state index contributed by atoms with van der Waals surface area (Å²) in [7, 11) is 1.16. The SMILES string of the molecule is C/C=C1/[C@H](O[C@@H]2O[C@H](CO)[C@@H](O)[C@H](O)[C@H]2O)OC=C(C(=O)OC)[C@H]1CC(=O)OC[C@@H]1[C@@H](C)[C@H](O)C[C@H]1C(CO)CO. The highest BCUT2D eigenvalue weighted by Crippen LogP contribution is 2.42. The van der Waals surface area contributed by atoms with E-state index in [9.17, 15) is 45.3 Å². The van der Waals surface area contributed by atoms with E-state index >= 15 is 0 Å². The van der Waals surface area contributed by atoms with Crippen molar-refractivity contribution in [1.29, 1.82) is 0 Å². The van der Waals surface area contributed by atoms with Crippen molar-refractivity contribution in [1.82, 2.24) is 0 Å². The van der Waals surface area contributed by atoms with Gasteiger partial charge in [-0.2, -0.15) is 0 Å². The Morgan fingerprint density at radius 2 is 1.78 bits per heavy atom. The minimum Gasteiger partial charge on any atom is -0.468 e. The van der Waals surface area contributed by atoms with Crippen molar-refractivity contribution >= 4 is 11.9 Å². The molecule has 1 saturated carbocycles. The van der Waals surface area contributed by atoms with E-state index in [2.05, 4.69) is 0 Å². The summed E-state index contributed by atoms with van der Waals surface area (Å²) in [6.07, 6.45) is -7.10. The van der Waals surface area contributed by atoms with Crippen LogP contribution in [0.5, 0.6) is 0 Å². The van der Waals surface area contributed by atoms with Gasteiger partial charge >= 0.3 is 11.9 Å². The highest BCUT2D eigenvalue weighted by atomic mass is 16.8. The lowest BCUT2D eigenvalue weighted by atomic mass is 9.82. The molecule has 0 radical (unpaired) electrons. The van der Waals surface area contributed by atoms with Gasteiger partial charge in [0.25, 0.3) is 0 Å². The zero-order valence-electron chi connectivity index (χ0n) is 23.3. The van der Waals surface area contributed by atoms with E-state index in [-0.39, 0.29) is 55.1 Å². The fourth-order valence-electron chi connectivity index (χ4n) is 5.83. The summed E-state index contributed by atoms with van der Waals surface area (Å²) in [5, 5.41) is 69.7. The third-order valence-electron chi connectivity index (χ3n) is 8.46. The number of hydrogen-bond acceptors (Lipinski definition) is 14. The van der Waals surface area contributed by atoms with Crippen molar-refractivity contribution in [3.05, 3.63) is 23.5 Å². The van der Waals surface area contributed by atoms with Gasteiger partial charge in [0.05, 0.1) is 44.7 Å². The molecule has 41 heavy (non-hydrogen) atoms. The van der Waals surface area contributed by atoms with Gasteiger partial charge in [-0.25, -0.2) is 4.79 Å². The number of carbonyl (C=O) groups is 2. The van der Waals surface area contributed by atoms with E-state index in [4.69, 9.17) is 23.7 Å². The van der Waals surface area contributed by atoms with Crippen LogP contribution in [0.3, 0.4) is 0 Å². The van der Waals surface area contributed by atoms with E-state index in [0.29, 0.717) is 6.42 Å². The summed E-state index contributed by atoms with van der Waals surface area (Å²) in [4.78, 5) is 25.6. The standard InChI is InChI=1S/C27H42O14/c1-4-14-16(6-21(32)38-10-17-12(2)19(31)5-15(17)13(7-28)8-29)18(25(36)37-3)11-39-26(14)41-27-24(35)23(34)22(33)20(9-30)40-27/h4,11-13,15-17,19-20,22-24,26-31,33-35H,5-10H2,1-3H3/b14-4+/t12-,15+,16+,17-,19-,20-,22-,23+,24-,26+,27+/m1/s1. The molecular weight excluding hydrogens is 548 g/mol. The molecule has 2 heterocycles. The second-order valence-electron chi connectivity index (χ2n) is 10.7. The highest BCUT2D eigenvalue weighted by Gasteiger charge is 2.47. The summed E-state index contributed by atoms with van der Waals surface area (Å²) in [6, 6.07) is 0. The molecule has 3 aliphatic rings. The number of esters is 2. The van der Waals surface area contributed by atoms with Crippen molar-refractivity contribution in [3.63, 3.8) is 0 Å². The molecule has 0 aromatic rings. The van der Waals surface area contributed by atoms with E-state index < -0.39 is 73.5 Å². The number of allylic oxidation sites excluding steroid dienone is 1. The van der Waals surface area contributed by atoms with Crippen LogP contribution in [0.2, 0.25) is 0 Å². The molecule has 0 amide bonds. The predicted molar refractivity (Wildman–Crippen MR) is 137 cm³/mol. The first kappa shape index (κ1) is 33.4. The molecule has 1 aliphatic carbocycles. The largest absolute Gasteiger partial charge is 0.468 e. The first-order valence-corrected chi connectivity index (χ1v) is 13.6. The van der Waals surface area contributed by atoms with Gasteiger partial charge in [0.15, 0.2) is 6.29 Å². The Labute approximate surface area is 237 Å². The molecule has 1 saturated heterocycles. The summed E-state index contributed by atoms with van der Waals surface area (Å²) in [5.74, 6) is -3.69. The summed E-state index contributed by atoms with van der Waals surface area (Å²) in [5.41, 5.74) is 0.277. The van der Waals surface area contributed by atoms with Crippen LogP contribution in [0.1, 0.15) is 26.7 Å². The number of methoxy groups -OCH3 is 1. The minimum absolute atomic E-state index is 0.00522. The highest BCUT2D eigenvalue weighted by molar-refractivity contribution is 5.90. The summed E-state index contributed by atoms with van der Waals surface area (Å²) >= 11 is 0. The van der Waals surface area contributed by atoms with Crippen LogP contribution in [0.4, 0.5) is 0 Å². The van der Waals surface area contributed by atoms with Gasteiger partial charge in [-0.05, 0) is 25.2 Å². The lowest BCUT2D eigenvalue weighted by Gasteiger charge is -2.41. The van der Waals surface area contributed by atoms with Crippen LogP contribution < -0.4 is 0 Å². The number of carbonyl (C=O) groups excluding carboxylic acids is 2. The molecule has 7 N–H and O–H groups in total. The van der Waals surface area contributed by atoms with E-state index in [1.54, 1.807) is 13.0 Å². The maximum absolute atomic E-state index is 13.1. The fourth-order valence-corrected chi connectivity index (χ4v) is 5.83. The second-order valence-corrected chi connectivity index (χ2v) is 10.7. The Kier molecular flexibility index (Phi) is 12.1. The molecule has 0 bridgehead atoms. The van der Waals surface area contributed by atoms with Crippen LogP contribution in [-0.2, 0) is 33.3 Å². The monoisotopic (exact) mass is 590 g/mol. The zero-order valence-corrected chi connectivity index (χ0v) is 23.3. The predicted octanol–water partition coefficient (Wildman–Crippen LogP) is -2.05. The molecule has 2 aliphatic heterocycles. The number of rotatable bonds is 11. The van der Waals surface area contributed by atoms with Crippen molar-refractivity contribution in [2.24, 2.45) is 29.6 Å². The number of aliphatic hydroxyl groups excluding tert-OH is 7. The van der Waals surface area contributed by atoms with Crippen LogP contribution in [0.25, 0.3) is 0 Å². The van der Waals surface area contributed by atoms with Crippen molar-refractivity contribution in [3.8, 4) is 0 Å². The minimum atomic E-state index is -1.71. The van der Waals surface area contributed by atoms with Crippen LogP contribution in [-0.4, -0.2) is 124 Å². The first-order valence-electron chi connectivity index (χ1n) is 13.6. The number of hydrogen-bond donors (Lipinski definition) is 7. The van der Waals surface area contributed by atoms with Crippen LogP contribution in [0, 0.1) is 29.6 Å². The lowest BCUT2D eigenvalue weighted by molar-refractivity contribution is -0.327. The topological polar surface area (TPSA) is 222 Å². The summed E-state index contributed by atoms with van der Waals surface area (Å²) < 4.78 is 27.1. The van der Waals surface area contributed by atoms with Crippen LogP contribution in [0.15, 0.2) is 23.5 Å². The lowest BCUT2D eigenvalue weighted by Crippen LogP contribution is -2.60. The van der Waals surface area contributed by atoms with Crippen molar-refractivity contribution < 1.29 is 69.0 Å². The molecule has 2 fully saturated rings. The Hall–Kier alpha value is -2.14. The van der Waals surface area contributed by atoms with E-state index in [1.807, 2.05) is 6.92 Å². The zero-order chi connectivity index (χ0) is 30.4. The molecule has 0 spiro atoms. The van der Waals surface area contributed by atoms with Gasteiger partial charge in [0.1, 0.15) is 24.4 Å². The third-order valence-corrected chi connectivity index (χ3v) is 8.46. The molecule has 0 aromatic heterocycles. The van der Waals surface area contributed by atoms with Gasteiger partial charge in [0, 0.05) is 36.5 Å². The van der Waals surface area contributed by atoms with E-state index in [0.717, 1.165) is 13.4 Å². The first-order chi connectivity index (χ1) is 19.5. The third kappa shape index (κ3) is 7.27. The average Bonchev–Trinajstić information content (AvgIpc) is 3.25. The molecule has 14 nitrogen and oxygen atoms in total. The Balaban J connectivity index is 1.75. The molecule has 3 rings (SSSR count). The molecule has 14 heteroatoms. The molecule has 11 atom stereocenters. The fraction of sp³-hybridized carbons (Fsp3) is 0.778. The normalized spacial score (nSPS) is 38.5. The van der Waals surface area contributed by atoms with Gasteiger partial charge in [-0.1, -0.05) is 13.0 Å². The van der Waals surface area contributed by atoms with Gasteiger partial charge < -0.3 is 59.4 Å². The number of ether oxygens (including phenoxy) is 5. The van der Waals surface area contributed by atoms with Crippen molar-refractivity contribution in [2.75, 3.05) is 33.5 Å². The Morgan fingerprint density at radius 3 is 2.37 bits per heavy atom. The summed E-state index contributed by atoms with van der Waals surface area (Å²) in [6.45, 7) is 2.13. The molecule has 0 unspecified atom stereocenters. The maximum Gasteiger partial charge on any atom is 0.337 e. The average molecular weight is 591 g/mol. The van der Waals surface area contributed by atoms with E-state index in [1.165, 1.54) is 0 Å². The Morgan fingerprint density at radius 1 is 1.10 bits per heavy atom. The molecule has 0 aromatic carbocycles. The molecule has 234 valence electrons. The van der Waals surface area contributed by atoms with Crippen molar-refractivity contribution in [2.45, 2.75) is 69.8 Å². The molecular formula is C27H42O14. The second kappa shape index (κ2) is 14.8. The van der Waals surface area contributed by atoms with Crippen LogP contribution >= 0.6 is 0 Å². The van der Waals surface area contributed by atoms with Gasteiger partial charge in [-0.3, -0.25) is 4.79 Å². The number of aliphatic hydroxyl groups is 7. The smallest absolute Gasteiger partial charge is 0.337 e.